The number of hydrogen-bond donors (Lipinski definition) is 3. The van der Waals surface area contributed by atoms with E-state index in [2.05, 4.69) is 16.0 Å². The molecule has 1 aliphatic heterocycles. The molecule has 0 aromatic heterocycles. The summed E-state index contributed by atoms with van der Waals surface area (Å²) in [6.45, 7) is 2.01. The number of carbonyl (C=O) groups excluding carboxylic acids is 2. The van der Waals surface area contributed by atoms with Crippen LogP contribution in [0, 0.1) is 5.92 Å². The molecule has 0 bridgehead atoms. The number of amides is 2. The van der Waals surface area contributed by atoms with E-state index in [1.54, 1.807) is 25.3 Å². The van der Waals surface area contributed by atoms with Crippen LogP contribution in [-0.2, 0) is 9.59 Å². The van der Waals surface area contributed by atoms with Crippen molar-refractivity contribution in [2.24, 2.45) is 5.92 Å². The minimum Gasteiger partial charge on any atom is -0.493 e. The minimum absolute atomic E-state index is 0.00359. The van der Waals surface area contributed by atoms with Gasteiger partial charge in [-0.1, -0.05) is 0 Å². The molecule has 2 aliphatic rings. The summed E-state index contributed by atoms with van der Waals surface area (Å²) in [6.07, 6.45) is 5.76. The Morgan fingerprint density at radius 2 is 1.89 bits per heavy atom. The Balaban J connectivity index is 1.50. The number of hydrogen-bond acceptors (Lipinski definition) is 5. The first-order valence-electron chi connectivity index (χ1n) is 9.75. The number of rotatable bonds is 9. The second kappa shape index (κ2) is 9.60. The van der Waals surface area contributed by atoms with Gasteiger partial charge < -0.3 is 25.4 Å². The van der Waals surface area contributed by atoms with E-state index >= 15 is 0 Å². The quantitative estimate of drug-likeness (QED) is 0.615. The van der Waals surface area contributed by atoms with Crippen LogP contribution in [-0.4, -0.2) is 44.7 Å². The van der Waals surface area contributed by atoms with Crippen LogP contribution in [0.15, 0.2) is 18.2 Å². The maximum absolute atomic E-state index is 12.3. The van der Waals surface area contributed by atoms with Crippen LogP contribution in [0.1, 0.15) is 38.5 Å². The Bertz CT molecular complexity index is 655. The van der Waals surface area contributed by atoms with E-state index in [9.17, 15) is 9.59 Å². The fourth-order valence-corrected chi connectivity index (χ4v) is 3.24. The predicted molar refractivity (Wildman–Crippen MR) is 103 cm³/mol. The lowest BCUT2D eigenvalue weighted by atomic mass is 9.93. The molecule has 1 aliphatic carbocycles. The first kappa shape index (κ1) is 19.5. The van der Waals surface area contributed by atoms with Gasteiger partial charge in [0.05, 0.1) is 7.11 Å². The second-order valence-electron chi connectivity index (χ2n) is 7.28. The van der Waals surface area contributed by atoms with Crippen molar-refractivity contribution in [2.75, 3.05) is 32.1 Å². The minimum atomic E-state index is -0.143. The van der Waals surface area contributed by atoms with E-state index in [0.717, 1.165) is 45.2 Å². The third kappa shape index (κ3) is 6.43. The first-order chi connectivity index (χ1) is 13.1. The maximum atomic E-state index is 12.3. The summed E-state index contributed by atoms with van der Waals surface area (Å²) in [5.41, 5.74) is 0.642. The summed E-state index contributed by atoms with van der Waals surface area (Å²) in [7, 11) is 1.55. The van der Waals surface area contributed by atoms with E-state index in [4.69, 9.17) is 9.47 Å². The molecular formula is C20H29N3O4. The number of ether oxygens (including phenoxy) is 2. The molecule has 3 rings (SSSR count). The number of piperidine rings is 1. The van der Waals surface area contributed by atoms with Crippen molar-refractivity contribution in [1.29, 1.82) is 0 Å². The smallest absolute Gasteiger partial charge is 0.258 e. The topological polar surface area (TPSA) is 88.7 Å². The number of carbonyl (C=O) groups is 2. The largest absolute Gasteiger partial charge is 0.493 e. The van der Waals surface area contributed by atoms with Crippen LogP contribution in [0.2, 0.25) is 0 Å². The van der Waals surface area contributed by atoms with Crippen molar-refractivity contribution in [3.05, 3.63) is 18.2 Å². The zero-order chi connectivity index (χ0) is 19.1. The number of benzene rings is 1. The average Bonchev–Trinajstić information content (AvgIpc) is 3.49. The van der Waals surface area contributed by atoms with E-state index in [0.29, 0.717) is 35.6 Å². The molecule has 0 spiro atoms. The Labute approximate surface area is 160 Å². The Hall–Kier alpha value is -2.28. The molecule has 1 saturated heterocycles. The lowest BCUT2D eigenvalue weighted by Gasteiger charge is -2.22. The molecule has 2 amide bonds. The average molecular weight is 375 g/mol. The molecule has 2 fully saturated rings. The van der Waals surface area contributed by atoms with E-state index < -0.39 is 0 Å². The van der Waals surface area contributed by atoms with Gasteiger partial charge in [0.15, 0.2) is 18.1 Å². The Morgan fingerprint density at radius 1 is 1.11 bits per heavy atom. The van der Waals surface area contributed by atoms with Crippen LogP contribution in [0.4, 0.5) is 5.69 Å². The third-order valence-electron chi connectivity index (χ3n) is 4.99. The van der Waals surface area contributed by atoms with Crippen molar-refractivity contribution in [1.82, 2.24) is 10.6 Å². The SMILES string of the molecule is COc1ccc(NC(=O)CCC2CCNCC2)cc1OCC(=O)NC1CC1. The molecule has 0 atom stereocenters. The van der Waals surface area contributed by atoms with Crippen LogP contribution in [0.25, 0.3) is 0 Å². The molecule has 1 heterocycles. The van der Waals surface area contributed by atoms with Gasteiger partial charge in [-0.2, -0.15) is 0 Å². The molecule has 7 heteroatoms. The van der Waals surface area contributed by atoms with Gasteiger partial charge in [-0.3, -0.25) is 9.59 Å². The second-order valence-corrected chi connectivity index (χ2v) is 7.28. The highest BCUT2D eigenvalue weighted by molar-refractivity contribution is 5.91. The molecule has 0 radical (unpaired) electrons. The van der Waals surface area contributed by atoms with Crippen molar-refractivity contribution < 1.29 is 19.1 Å². The summed E-state index contributed by atoms with van der Waals surface area (Å²) in [5.74, 6) is 1.45. The van der Waals surface area contributed by atoms with Crippen molar-refractivity contribution in [3.8, 4) is 11.5 Å². The standard InChI is InChI=1S/C20H29N3O4/c1-26-17-6-5-16(12-18(17)27-13-20(25)22-15-3-4-15)23-19(24)7-2-14-8-10-21-11-9-14/h5-6,12,14-15,21H,2-4,7-11,13H2,1H3,(H,22,25)(H,23,24). The molecule has 1 aromatic rings. The highest BCUT2D eigenvalue weighted by atomic mass is 16.5. The Morgan fingerprint density at radius 3 is 2.59 bits per heavy atom. The summed E-state index contributed by atoms with van der Waals surface area (Å²) >= 11 is 0. The van der Waals surface area contributed by atoms with Gasteiger partial charge in [-0.25, -0.2) is 0 Å². The number of methoxy groups -OCH3 is 1. The van der Waals surface area contributed by atoms with Gasteiger partial charge in [0.25, 0.3) is 5.91 Å². The molecule has 7 nitrogen and oxygen atoms in total. The highest BCUT2D eigenvalue weighted by Gasteiger charge is 2.23. The van der Waals surface area contributed by atoms with E-state index in [-0.39, 0.29) is 18.4 Å². The van der Waals surface area contributed by atoms with Gasteiger partial charge in [0.1, 0.15) is 0 Å². The molecule has 27 heavy (non-hydrogen) atoms. The molecule has 0 unspecified atom stereocenters. The molecular weight excluding hydrogens is 346 g/mol. The first-order valence-corrected chi connectivity index (χ1v) is 9.75. The van der Waals surface area contributed by atoms with Crippen molar-refractivity contribution in [2.45, 2.75) is 44.6 Å². The zero-order valence-corrected chi connectivity index (χ0v) is 15.9. The summed E-state index contributed by atoms with van der Waals surface area (Å²) in [4.78, 5) is 24.1. The molecule has 148 valence electrons. The van der Waals surface area contributed by atoms with Gasteiger partial charge in [0, 0.05) is 24.2 Å². The fourth-order valence-electron chi connectivity index (χ4n) is 3.24. The maximum Gasteiger partial charge on any atom is 0.258 e. The lowest BCUT2D eigenvalue weighted by molar-refractivity contribution is -0.123. The van der Waals surface area contributed by atoms with Crippen LogP contribution >= 0.6 is 0 Å². The molecule has 1 saturated carbocycles. The summed E-state index contributed by atoms with van der Waals surface area (Å²) in [6, 6.07) is 5.51. The van der Waals surface area contributed by atoms with Gasteiger partial charge in [-0.15, -0.1) is 0 Å². The van der Waals surface area contributed by atoms with Crippen LogP contribution < -0.4 is 25.4 Å². The van der Waals surface area contributed by atoms with Crippen LogP contribution in [0.5, 0.6) is 11.5 Å². The van der Waals surface area contributed by atoms with Crippen molar-refractivity contribution in [3.63, 3.8) is 0 Å². The van der Waals surface area contributed by atoms with Gasteiger partial charge in [-0.05, 0) is 63.2 Å². The zero-order valence-electron chi connectivity index (χ0n) is 15.9. The van der Waals surface area contributed by atoms with Gasteiger partial charge in [0.2, 0.25) is 5.91 Å². The summed E-state index contributed by atoms with van der Waals surface area (Å²) < 4.78 is 10.9. The third-order valence-corrected chi connectivity index (χ3v) is 4.99. The number of anilines is 1. The predicted octanol–water partition coefficient (Wildman–Crippen LogP) is 2.07. The molecule has 1 aromatic carbocycles. The summed E-state index contributed by atoms with van der Waals surface area (Å²) in [5, 5.41) is 9.13. The monoisotopic (exact) mass is 375 g/mol. The van der Waals surface area contributed by atoms with Gasteiger partial charge >= 0.3 is 0 Å². The Kier molecular flexibility index (Phi) is 6.92. The highest BCUT2D eigenvalue weighted by Crippen LogP contribution is 2.30. The van der Waals surface area contributed by atoms with E-state index in [1.807, 2.05) is 0 Å². The van der Waals surface area contributed by atoms with Crippen LogP contribution in [0.3, 0.4) is 0 Å². The van der Waals surface area contributed by atoms with Crippen molar-refractivity contribution >= 4 is 17.5 Å². The van der Waals surface area contributed by atoms with E-state index in [1.165, 1.54) is 0 Å². The fraction of sp³-hybridized carbons (Fsp3) is 0.600. The number of nitrogens with one attached hydrogen (secondary N) is 3. The molecule has 3 N–H and O–H groups in total. The lowest BCUT2D eigenvalue weighted by Crippen LogP contribution is -2.30. The normalized spacial score (nSPS) is 17.2.